The number of allylic oxidation sites excluding steroid dienone is 5. The Morgan fingerprint density at radius 3 is 2.04 bits per heavy atom. The van der Waals surface area contributed by atoms with Crippen LogP contribution >= 0.6 is 0 Å². The first kappa shape index (κ1) is 32.3. The van der Waals surface area contributed by atoms with Gasteiger partial charge >= 0.3 is 0 Å². The van der Waals surface area contributed by atoms with Gasteiger partial charge in [0.25, 0.3) is 0 Å². The van der Waals surface area contributed by atoms with Crippen LogP contribution in [0.2, 0.25) is 0 Å². The third-order valence-electron chi connectivity index (χ3n) is 7.81. The Bertz CT molecular complexity index is 1840. The molecule has 2 aromatic carbocycles. The van der Waals surface area contributed by atoms with E-state index in [1.165, 1.54) is 5.56 Å². The van der Waals surface area contributed by atoms with Gasteiger partial charge in [0, 0.05) is 29.1 Å². The summed E-state index contributed by atoms with van der Waals surface area (Å²) in [5.74, 6) is 0.0903. The van der Waals surface area contributed by atoms with E-state index in [-0.39, 0.29) is 22.6 Å². The van der Waals surface area contributed by atoms with Crippen molar-refractivity contribution in [1.29, 1.82) is 0 Å². The first-order valence-electron chi connectivity index (χ1n) is 15.5. The van der Waals surface area contributed by atoms with Gasteiger partial charge in [0.1, 0.15) is 13.1 Å². The largest absolute Gasteiger partial charge is 0.301 e. The fourth-order valence-corrected chi connectivity index (χ4v) is 5.33. The number of carbonyl (C=O) groups is 2. The van der Waals surface area contributed by atoms with Gasteiger partial charge in [-0.2, -0.15) is 0 Å². The molecule has 0 bridgehead atoms. The highest BCUT2D eigenvalue weighted by atomic mass is 16.2. The molecule has 6 heteroatoms. The predicted molar refractivity (Wildman–Crippen MR) is 192 cm³/mol. The fourth-order valence-electron chi connectivity index (χ4n) is 5.33. The fraction of sp³-hybridized carbons (Fsp3) is 0.250. The summed E-state index contributed by atoms with van der Waals surface area (Å²) in [5, 5.41) is 0. The lowest BCUT2D eigenvalue weighted by molar-refractivity contribution is -0.110. The van der Waals surface area contributed by atoms with Crippen molar-refractivity contribution < 1.29 is 9.59 Å². The lowest BCUT2D eigenvalue weighted by atomic mass is 9.84. The highest BCUT2D eigenvalue weighted by molar-refractivity contribution is 6.17. The molecule has 0 unspecified atom stereocenters. The Morgan fingerprint density at radius 2 is 1.48 bits per heavy atom. The van der Waals surface area contributed by atoms with Crippen molar-refractivity contribution in [1.82, 2.24) is 4.98 Å². The molecular formula is C40H42N4O2. The predicted octanol–water partition coefficient (Wildman–Crippen LogP) is 8.72. The third-order valence-corrected chi connectivity index (χ3v) is 7.81. The summed E-state index contributed by atoms with van der Waals surface area (Å²) in [6.45, 7) is 25.9. The Morgan fingerprint density at radius 1 is 0.870 bits per heavy atom. The van der Waals surface area contributed by atoms with Crippen molar-refractivity contribution >= 4 is 35.0 Å². The number of anilines is 2. The zero-order chi connectivity index (χ0) is 33.4. The van der Waals surface area contributed by atoms with Gasteiger partial charge in [0.05, 0.1) is 22.8 Å². The van der Waals surface area contributed by atoms with Crippen molar-refractivity contribution in [2.24, 2.45) is 10.4 Å². The summed E-state index contributed by atoms with van der Waals surface area (Å²) in [7, 11) is 0. The maximum absolute atomic E-state index is 12.5. The third kappa shape index (κ3) is 7.23. The number of carbonyl (C=O) groups excluding carboxylic acids is 2. The summed E-state index contributed by atoms with van der Waals surface area (Å²) < 4.78 is 0. The number of amides is 2. The highest BCUT2D eigenvalue weighted by Crippen LogP contribution is 2.44. The Hall–Kier alpha value is -5.10. The van der Waals surface area contributed by atoms with E-state index in [9.17, 15) is 9.59 Å². The average molecular weight is 611 g/mol. The first-order chi connectivity index (χ1) is 21.7. The van der Waals surface area contributed by atoms with Gasteiger partial charge in [-0.3, -0.25) is 19.6 Å². The molecule has 2 aliphatic rings. The molecule has 2 amide bonds. The number of aliphatic imine (C=N–C) groups is 1. The molecule has 2 saturated heterocycles. The minimum absolute atomic E-state index is 0.0401. The maximum Gasteiger partial charge on any atom is 0.247 e. The second-order valence-electron chi connectivity index (χ2n) is 13.9. The summed E-state index contributed by atoms with van der Waals surface area (Å²) >= 11 is 0. The normalized spacial score (nSPS) is 15.2. The minimum Gasteiger partial charge on any atom is -0.301 e. The molecule has 1 aromatic heterocycles. The summed E-state index contributed by atoms with van der Waals surface area (Å²) in [4.78, 5) is 37.6. The van der Waals surface area contributed by atoms with Gasteiger partial charge in [-0.15, -0.1) is 0 Å². The van der Waals surface area contributed by atoms with E-state index in [1.807, 2.05) is 36.5 Å². The number of rotatable bonds is 10. The molecule has 234 valence electrons. The monoisotopic (exact) mass is 610 g/mol. The van der Waals surface area contributed by atoms with Crippen molar-refractivity contribution in [2.45, 2.75) is 47.0 Å². The Kier molecular flexibility index (Phi) is 8.68. The van der Waals surface area contributed by atoms with Crippen LogP contribution in [0.1, 0.15) is 52.7 Å². The molecule has 0 saturated carbocycles. The zero-order valence-corrected chi connectivity index (χ0v) is 27.7. The second kappa shape index (κ2) is 12.4. The number of benzene rings is 2. The molecule has 5 rings (SSSR count). The SMILES string of the molecule is C=CC=N/C(=C/C(C)(C)C)C(=C)/C=C\C(=C)c1cc(N2CC2=O)c(-c2ccc(-c3ncccc3C(C)(C)C)cc2)cc1N1CC1=O. The number of hydrogen-bond acceptors (Lipinski definition) is 4. The van der Waals surface area contributed by atoms with Crippen LogP contribution in [-0.4, -0.2) is 36.1 Å². The van der Waals surface area contributed by atoms with Gasteiger partial charge < -0.3 is 9.80 Å². The average Bonchev–Trinajstić information content (AvgIpc) is 3.93. The van der Waals surface area contributed by atoms with Crippen LogP contribution < -0.4 is 9.80 Å². The second-order valence-corrected chi connectivity index (χ2v) is 13.9. The minimum atomic E-state index is -0.102. The standard InChI is InChI=1S/C40H42N4O2/c1-10-19-41-33(23-39(4,5)6)27(3)14-13-26(2)30-21-35(44-25-37(44)46)31(22-34(30)43-24-36(43)45)28-15-17-29(18-16-28)38-32(40(7,8)9)12-11-20-42-38/h10-23H,1-3,24-25H2,4-9H3/b14-13-,33-23+,41-19?. The van der Waals surface area contributed by atoms with Crippen LogP contribution in [0.3, 0.4) is 0 Å². The van der Waals surface area contributed by atoms with Crippen LogP contribution in [0.15, 0.2) is 115 Å². The molecule has 46 heavy (non-hydrogen) atoms. The number of hydrogen-bond donors (Lipinski definition) is 0. The van der Waals surface area contributed by atoms with E-state index in [0.717, 1.165) is 50.6 Å². The molecule has 3 aromatic rings. The number of aromatic nitrogens is 1. The molecule has 2 aliphatic heterocycles. The van der Waals surface area contributed by atoms with Crippen molar-refractivity contribution in [3.63, 3.8) is 0 Å². The molecule has 0 spiro atoms. The van der Waals surface area contributed by atoms with E-state index >= 15 is 0 Å². The molecule has 0 atom stereocenters. The molecule has 6 nitrogen and oxygen atoms in total. The van der Waals surface area contributed by atoms with Crippen molar-refractivity contribution in [3.05, 3.63) is 121 Å². The van der Waals surface area contributed by atoms with E-state index in [2.05, 4.69) is 103 Å². The van der Waals surface area contributed by atoms with Crippen molar-refractivity contribution in [2.75, 3.05) is 22.9 Å². The van der Waals surface area contributed by atoms with Crippen LogP contribution in [0, 0.1) is 5.41 Å². The Balaban J connectivity index is 1.54. The smallest absolute Gasteiger partial charge is 0.247 e. The molecule has 0 radical (unpaired) electrons. The van der Waals surface area contributed by atoms with E-state index in [4.69, 9.17) is 4.98 Å². The van der Waals surface area contributed by atoms with Gasteiger partial charge in [-0.25, -0.2) is 0 Å². The van der Waals surface area contributed by atoms with E-state index in [0.29, 0.717) is 18.7 Å². The quantitative estimate of drug-likeness (QED) is 0.131. The molecule has 0 N–H and O–H groups in total. The van der Waals surface area contributed by atoms with Gasteiger partial charge in [-0.1, -0.05) is 116 Å². The van der Waals surface area contributed by atoms with Gasteiger partial charge in [0.15, 0.2) is 0 Å². The van der Waals surface area contributed by atoms with Crippen molar-refractivity contribution in [3.8, 4) is 22.4 Å². The van der Waals surface area contributed by atoms with Gasteiger partial charge in [-0.05, 0) is 51.3 Å². The molecular weight excluding hydrogens is 568 g/mol. The Labute approximate surface area is 272 Å². The molecule has 2 fully saturated rings. The zero-order valence-electron chi connectivity index (χ0n) is 27.7. The molecule has 3 heterocycles. The number of pyridine rings is 1. The van der Waals surface area contributed by atoms with E-state index < -0.39 is 0 Å². The summed E-state index contributed by atoms with van der Waals surface area (Å²) in [6.07, 6.45) is 10.9. The highest BCUT2D eigenvalue weighted by Gasteiger charge is 2.38. The number of nitrogens with zero attached hydrogens (tertiary/aromatic N) is 4. The molecule has 0 aliphatic carbocycles. The van der Waals surface area contributed by atoms with E-state index in [1.54, 1.807) is 22.1 Å². The van der Waals surface area contributed by atoms with Crippen LogP contribution in [0.4, 0.5) is 11.4 Å². The first-order valence-corrected chi connectivity index (χ1v) is 15.5. The lowest BCUT2D eigenvalue weighted by Crippen LogP contribution is -2.13. The maximum atomic E-state index is 12.5. The lowest BCUT2D eigenvalue weighted by Gasteiger charge is -2.22. The summed E-state index contributed by atoms with van der Waals surface area (Å²) in [5.41, 5.74) is 9.30. The van der Waals surface area contributed by atoms with Crippen LogP contribution in [0.5, 0.6) is 0 Å². The van der Waals surface area contributed by atoms with Crippen LogP contribution in [-0.2, 0) is 15.0 Å². The van der Waals surface area contributed by atoms with Crippen LogP contribution in [0.25, 0.3) is 28.0 Å². The topological polar surface area (TPSA) is 65.4 Å². The summed E-state index contributed by atoms with van der Waals surface area (Å²) in [6, 6.07) is 16.3. The van der Waals surface area contributed by atoms with Gasteiger partial charge in [0.2, 0.25) is 11.8 Å².